The molecule has 1 aliphatic rings. The Kier molecular flexibility index (Phi) is 4.75. The Labute approximate surface area is 125 Å². The highest BCUT2D eigenvalue weighted by Crippen LogP contribution is 2.35. The van der Waals surface area contributed by atoms with E-state index in [0.29, 0.717) is 31.6 Å². The summed E-state index contributed by atoms with van der Waals surface area (Å²) >= 11 is 0. The molecule has 0 saturated carbocycles. The van der Waals surface area contributed by atoms with Crippen LogP contribution < -0.4 is 10.1 Å². The first-order chi connectivity index (χ1) is 10.3. The van der Waals surface area contributed by atoms with Crippen LogP contribution in [0.4, 0.5) is 13.2 Å². The largest absolute Gasteiger partial charge is 0.573 e. The molecule has 2 rings (SSSR count). The third kappa shape index (κ3) is 4.00. The molecule has 1 fully saturated rings. The average molecular weight is 315 g/mol. The van der Waals surface area contributed by atoms with Crippen LogP contribution in [0.1, 0.15) is 18.4 Å². The topological polar surface area (TPSA) is 47.6 Å². The molecule has 0 radical (unpaired) electrons. The number of halogens is 3. The van der Waals surface area contributed by atoms with Gasteiger partial charge in [-0.25, -0.2) is 0 Å². The first-order valence-corrected chi connectivity index (χ1v) is 6.73. The number of alkyl halides is 3. The molecule has 1 aromatic rings. The molecule has 0 unspecified atom stereocenters. The van der Waals surface area contributed by atoms with Gasteiger partial charge >= 0.3 is 6.36 Å². The van der Waals surface area contributed by atoms with Crippen molar-refractivity contribution >= 4 is 5.91 Å². The highest BCUT2D eigenvalue weighted by molar-refractivity contribution is 5.87. The minimum atomic E-state index is -4.76. The number of ether oxygens (including phenoxy) is 2. The van der Waals surface area contributed by atoms with Gasteiger partial charge in [0.1, 0.15) is 5.75 Å². The Bertz CT molecular complexity index is 551. The summed E-state index contributed by atoms with van der Waals surface area (Å²) in [5.74, 6) is -0.701. The van der Waals surface area contributed by atoms with Crippen LogP contribution in [0.15, 0.2) is 36.9 Å². The fourth-order valence-corrected chi connectivity index (χ4v) is 2.48. The Morgan fingerprint density at radius 2 is 2.05 bits per heavy atom. The Morgan fingerprint density at radius 3 is 2.64 bits per heavy atom. The minimum absolute atomic E-state index is 0.316. The lowest BCUT2D eigenvalue weighted by Gasteiger charge is -2.38. The lowest BCUT2D eigenvalue weighted by Crippen LogP contribution is -2.49. The molecule has 1 amide bonds. The zero-order chi connectivity index (χ0) is 16.2. The SMILES string of the molecule is C=CC(=O)NC1(c2cccc(OC(F)(F)F)c2)CCOCC1. The highest BCUT2D eigenvalue weighted by Gasteiger charge is 2.37. The summed E-state index contributed by atoms with van der Waals surface area (Å²) in [5.41, 5.74) is -0.234. The quantitative estimate of drug-likeness (QED) is 0.869. The van der Waals surface area contributed by atoms with Crippen LogP contribution in [-0.4, -0.2) is 25.5 Å². The predicted octanol–water partition coefficient (Wildman–Crippen LogP) is 2.89. The molecule has 1 heterocycles. The fourth-order valence-electron chi connectivity index (χ4n) is 2.48. The van der Waals surface area contributed by atoms with Gasteiger partial charge in [0, 0.05) is 13.2 Å². The molecule has 1 aliphatic heterocycles. The smallest absolute Gasteiger partial charge is 0.406 e. The molecule has 22 heavy (non-hydrogen) atoms. The number of carbonyl (C=O) groups excluding carboxylic acids is 1. The maximum Gasteiger partial charge on any atom is 0.573 e. The summed E-state index contributed by atoms with van der Waals surface area (Å²) in [4.78, 5) is 11.7. The van der Waals surface area contributed by atoms with Gasteiger partial charge in [0.05, 0.1) is 5.54 Å². The van der Waals surface area contributed by atoms with Crippen molar-refractivity contribution < 1.29 is 27.4 Å². The van der Waals surface area contributed by atoms with Crippen LogP contribution in [0.2, 0.25) is 0 Å². The van der Waals surface area contributed by atoms with Gasteiger partial charge in [0.15, 0.2) is 0 Å². The number of carbonyl (C=O) groups is 1. The molecular formula is C15H16F3NO3. The van der Waals surface area contributed by atoms with E-state index in [1.54, 1.807) is 6.07 Å². The van der Waals surface area contributed by atoms with Gasteiger partial charge in [-0.3, -0.25) is 4.79 Å². The second-order valence-corrected chi connectivity index (χ2v) is 4.96. The first-order valence-electron chi connectivity index (χ1n) is 6.73. The lowest BCUT2D eigenvalue weighted by atomic mass is 9.82. The molecule has 4 nitrogen and oxygen atoms in total. The van der Waals surface area contributed by atoms with Gasteiger partial charge in [0.25, 0.3) is 0 Å². The second kappa shape index (κ2) is 6.39. The van der Waals surface area contributed by atoms with Crippen molar-refractivity contribution in [2.75, 3.05) is 13.2 Å². The first kappa shape index (κ1) is 16.4. The van der Waals surface area contributed by atoms with Crippen LogP contribution in [0.25, 0.3) is 0 Å². The van der Waals surface area contributed by atoms with Gasteiger partial charge in [-0.1, -0.05) is 18.7 Å². The van der Waals surface area contributed by atoms with E-state index in [1.165, 1.54) is 18.2 Å². The third-order valence-corrected chi connectivity index (χ3v) is 3.51. The number of hydrogen-bond donors (Lipinski definition) is 1. The van der Waals surface area contributed by atoms with Crippen molar-refractivity contribution in [2.45, 2.75) is 24.7 Å². The molecule has 0 atom stereocenters. The van der Waals surface area contributed by atoms with E-state index >= 15 is 0 Å². The van der Waals surface area contributed by atoms with Crippen LogP contribution in [0.3, 0.4) is 0 Å². The van der Waals surface area contributed by atoms with E-state index in [0.717, 1.165) is 6.08 Å². The summed E-state index contributed by atoms with van der Waals surface area (Å²) in [5, 5.41) is 2.81. The monoisotopic (exact) mass is 315 g/mol. The molecule has 0 spiro atoms. The van der Waals surface area contributed by atoms with Crippen molar-refractivity contribution in [3.63, 3.8) is 0 Å². The Morgan fingerprint density at radius 1 is 1.36 bits per heavy atom. The van der Waals surface area contributed by atoms with E-state index in [2.05, 4.69) is 16.6 Å². The predicted molar refractivity (Wildman–Crippen MR) is 73.2 cm³/mol. The molecular weight excluding hydrogens is 299 g/mol. The molecule has 0 bridgehead atoms. The van der Waals surface area contributed by atoms with Crippen molar-refractivity contribution in [2.24, 2.45) is 0 Å². The second-order valence-electron chi connectivity index (χ2n) is 4.96. The van der Waals surface area contributed by atoms with Gasteiger partial charge in [0.2, 0.25) is 5.91 Å². The molecule has 1 saturated heterocycles. The molecule has 7 heteroatoms. The van der Waals surface area contributed by atoms with E-state index in [9.17, 15) is 18.0 Å². The standard InChI is InChI=1S/C15H16F3NO3/c1-2-13(20)19-14(6-8-21-9-7-14)11-4-3-5-12(10-11)22-15(16,17)18/h2-5,10H,1,6-9H2,(H,19,20). The van der Waals surface area contributed by atoms with Gasteiger partial charge < -0.3 is 14.8 Å². The van der Waals surface area contributed by atoms with Crippen molar-refractivity contribution in [1.29, 1.82) is 0 Å². The van der Waals surface area contributed by atoms with Gasteiger partial charge in [-0.05, 0) is 36.6 Å². The van der Waals surface area contributed by atoms with Gasteiger partial charge in [-0.15, -0.1) is 13.2 Å². The molecule has 0 aromatic heterocycles. The normalized spacial score (nSPS) is 17.6. The van der Waals surface area contributed by atoms with Crippen molar-refractivity contribution in [1.82, 2.24) is 5.32 Å². The van der Waals surface area contributed by atoms with E-state index in [-0.39, 0.29) is 11.7 Å². The number of benzene rings is 1. The molecule has 1 aromatic carbocycles. The van der Waals surface area contributed by atoms with Crippen molar-refractivity contribution in [3.05, 3.63) is 42.5 Å². The number of nitrogens with one attached hydrogen (secondary N) is 1. The maximum atomic E-state index is 12.4. The number of hydrogen-bond acceptors (Lipinski definition) is 3. The zero-order valence-electron chi connectivity index (χ0n) is 11.8. The zero-order valence-corrected chi connectivity index (χ0v) is 11.8. The third-order valence-electron chi connectivity index (χ3n) is 3.51. The molecule has 0 aliphatic carbocycles. The Hall–Kier alpha value is -2.02. The summed E-state index contributed by atoms with van der Waals surface area (Å²) in [6.07, 6.45) is -2.71. The van der Waals surface area contributed by atoms with Crippen molar-refractivity contribution in [3.8, 4) is 5.75 Å². The van der Waals surface area contributed by atoms with Crippen LogP contribution in [0.5, 0.6) is 5.75 Å². The number of amides is 1. The summed E-state index contributed by atoms with van der Waals surface area (Å²) in [7, 11) is 0. The molecule has 1 N–H and O–H groups in total. The molecule has 120 valence electrons. The highest BCUT2D eigenvalue weighted by atomic mass is 19.4. The summed E-state index contributed by atoms with van der Waals surface area (Å²) < 4.78 is 46.3. The van der Waals surface area contributed by atoms with Crippen LogP contribution >= 0.6 is 0 Å². The summed E-state index contributed by atoms with van der Waals surface area (Å²) in [6, 6.07) is 5.65. The Balaban J connectivity index is 2.33. The minimum Gasteiger partial charge on any atom is -0.406 e. The summed E-state index contributed by atoms with van der Waals surface area (Å²) in [6.45, 7) is 4.21. The average Bonchev–Trinajstić information content (AvgIpc) is 2.46. The van der Waals surface area contributed by atoms with E-state index < -0.39 is 11.9 Å². The number of rotatable bonds is 4. The lowest BCUT2D eigenvalue weighted by molar-refractivity contribution is -0.274. The maximum absolute atomic E-state index is 12.4. The van der Waals surface area contributed by atoms with E-state index in [1.807, 2.05) is 0 Å². The van der Waals surface area contributed by atoms with Gasteiger partial charge in [-0.2, -0.15) is 0 Å². The van der Waals surface area contributed by atoms with E-state index in [4.69, 9.17) is 4.74 Å². The van der Waals surface area contributed by atoms with Crippen LogP contribution in [0, 0.1) is 0 Å². The van der Waals surface area contributed by atoms with Crippen LogP contribution in [-0.2, 0) is 15.1 Å². The fraction of sp³-hybridized carbons (Fsp3) is 0.400.